The largest absolute Gasteiger partial charge is 0.486 e. The normalized spacial score (nSPS) is 10.3. The summed E-state index contributed by atoms with van der Waals surface area (Å²) in [6, 6.07) is 10.6. The maximum Gasteiger partial charge on any atom is 0.348 e. The highest BCUT2D eigenvalue weighted by Gasteiger charge is 2.23. The van der Waals surface area contributed by atoms with Crippen LogP contribution in [0.3, 0.4) is 0 Å². The molecule has 3 rings (SSSR count). The summed E-state index contributed by atoms with van der Waals surface area (Å²) in [4.78, 5) is 24.8. The number of carbonyl (C=O) groups excluding carboxylic acids is 2. The molecule has 7 nitrogen and oxygen atoms in total. The Labute approximate surface area is 175 Å². The Morgan fingerprint density at radius 2 is 1.97 bits per heavy atom. The molecule has 0 fully saturated rings. The molecule has 0 aliphatic carbocycles. The van der Waals surface area contributed by atoms with Crippen LogP contribution in [-0.4, -0.2) is 18.5 Å². The van der Waals surface area contributed by atoms with E-state index < -0.39 is 11.9 Å². The van der Waals surface area contributed by atoms with E-state index in [1.807, 2.05) is 6.07 Å². The number of furan rings is 1. The number of hydrogen-bond donors (Lipinski definition) is 1. The van der Waals surface area contributed by atoms with E-state index in [2.05, 4.69) is 5.32 Å². The van der Waals surface area contributed by atoms with Crippen molar-refractivity contribution >= 4 is 28.2 Å². The number of halogens is 1. The molecule has 0 spiro atoms. The Morgan fingerprint density at radius 1 is 1.23 bits per heavy atom. The number of carbonyl (C=O) groups is 2. The number of ether oxygens (including phenoxy) is 2. The molecule has 2 heterocycles. The van der Waals surface area contributed by atoms with Crippen LogP contribution in [0.25, 0.3) is 0 Å². The highest BCUT2D eigenvalue weighted by atomic mass is 32.1. The molecule has 0 aliphatic rings. The van der Waals surface area contributed by atoms with Crippen LogP contribution in [0.4, 0.5) is 9.39 Å². The molecule has 0 saturated carbocycles. The summed E-state index contributed by atoms with van der Waals surface area (Å²) >= 11 is 0.971. The van der Waals surface area contributed by atoms with Gasteiger partial charge in [-0.15, -0.1) is 11.3 Å². The average molecular weight is 428 g/mol. The number of rotatable bonds is 7. The lowest BCUT2D eigenvalue weighted by molar-refractivity contribution is 0.0531. The smallest absolute Gasteiger partial charge is 0.348 e. The molecule has 0 radical (unpaired) electrons. The highest BCUT2D eigenvalue weighted by molar-refractivity contribution is 7.18. The standard InChI is InChI=1S/C21H17FN2O5S/c1-3-27-21(26)18-12(2)16(10-23)20(30-18)24-19(25)17-9-8-15(29-17)11-28-14-6-4-13(22)5-7-14/h4-9H,3,11H2,1-2H3,(H,24,25). The molecule has 0 saturated heterocycles. The van der Waals surface area contributed by atoms with Gasteiger partial charge in [0.2, 0.25) is 0 Å². The minimum atomic E-state index is -0.573. The molecule has 1 aromatic carbocycles. The van der Waals surface area contributed by atoms with E-state index in [0.717, 1.165) is 11.3 Å². The molecule has 30 heavy (non-hydrogen) atoms. The van der Waals surface area contributed by atoms with E-state index in [-0.39, 0.29) is 40.2 Å². The zero-order chi connectivity index (χ0) is 21.7. The first-order valence-electron chi connectivity index (χ1n) is 8.92. The number of hydrogen-bond acceptors (Lipinski definition) is 7. The van der Waals surface area contributed by atoms with Gasteiger partial charge in [-0.05, 0) is 55.8 Å². The molecule has 1 N–H and O–H groups in total. The lowest BCUT2D eigenvalue weighted by atomic mass is 10.2. The second-order valence-corrected chi connectivity index (χ2v) is 7.08. The van der Waals surface area contributed by atoms with Crippen LogP contribution >= 0.6 is 11.3 Å². The predicted octanol–water partition coefficient (Wildman–Crippen LogP) is 4.67. The van der Waals surface area contributed by atoms with E-state index in [1.165, 1.54) is 30.3 Å². The van der Waals surface area contributed by atoms with Crippen molar-refractivity contribution in [3.63, 3.8) is 0 Å². The Morgan fingerprint density at radius 3 is 2.63 bits per heavy atom. The Hall–Kier alpha value is -3.64. The first kappa shape index (κ1) is 21.1. The first-order chi connectivity index (χ1) is 14.4. The third kappa shape index (κ3) is 4.67. The van der Waals surface area contributed by atoms with E-state index in [9.17, 15) is 19.2 Å². The number of benzene rings is 1. The minimum absolute atomic E-state index is 0.0142. The fraction of sp³-hybridized carbons (Fsp3) is 0.190. The van der Waals surface area contributed by atoms with Crippen molar-refractivity contribution in [3.8, 4) is 11.8 Å². The zero-order valence-corrected chi connectivity index (χ0v) is 17.0. The molecule has 0 bridgehead atoms. The quantitative estimate of drug-likeness (QED) is 0.549. The van der Waals surface area contributed by atoms with Gasteiger partial charge in [0.25, 0.3) is 5.91 Å². The second kappa shape index (κ2) is 9.24. The fourth-order valence-corrected chi connectivity index (χ4v) is 3.60. The molecule has 0 aliphatic heterocycles. The second-order valence-electron chi connectivity index (χ2n) is 6.06. The van der Waals surface area contributed by atoms with Crippen LogP contribution in [-0.2, 0) is 11.3 Å². The number of nitrogens with one attached hydrogen (secondary N) is 1. The highest BCUT2D eigenvalue weighted by Crippen LogP contribution is 2.33. The molecule has 0 atom stereocenters. The molecule has 154 valence electrons. The van der Waals surface area contributed by atoms with Gasteiger partial charge in [-0.25, -0.2) is 9.18 Å². The molecular formula is C21H17FN2O5S. The van der Waals surface area contributed by atoms with Crippen molar-refractivity contribution in [1.29, 1.82) is 5.26 Å². The van der Waals surface area contributed by atoms with E-state index in [0.29, 0.717) is 17.1 Å². The van der Waals surface area contributed by atoms with E-state index in [4.69, 9.17) is 13.9 Å². The van der Waals surface area contributed by atoms with Crippen LogP contribution in [0.1, 0.15) is 44.0 Å². The minimum Gasteiger partial charge on any atom is -0.486 e. The first-order valence-corrected chi connectivity index (χ1v) is 9.73. The molecular weight excluding hydrogens is 411 g/mol. The van der Waals surface area contributed by atoms with Gasteiger partial charge in [0.05, 0.1) is 12.2 Å². The molecule has 2 aromatic heterocycles. The summed E-state index contributed by atoms with van der Waals surface area (Å²) in [6.07, 6.45) is 0. The lowest BCUT2D eigenvalue weighted by Gasteiger charge is -2.04. The Kier molecular flexibility index (Phi) is 6.49. The van der Waals surface area contributed by atoms with Crippen LogP contribution in [0.15, 0.2) is 40.8 Å². The van der Waals surface area contributed by atoms with Gasteiger partial charge in [-0.3, -0.25) is 4.79 Å². The Bertz CT molecular complexity index is 1110. The molecule has 1 amide bonds. The fourth-order valence-electron chi connectivity index (χ4n) is 2.56. The van der Waals surface area contributed by atoms with Crippen molar-refractivity contribution < 1.29 is 27.9 Å². The van der Waals surface area contributed by atoms with E-state index >= 15 is 0 Å². The molecule has 3 aromatic rings. The van der Waals surface area contributed by atoms with Gasteiger partial charge in [0.15, 0.2) is 5.76 Å². The lowest BCUT2D eigenvalue weighted by Crippen LogP contribution is -2.10. The average Bonchev–Trinajstić information content (AvgIpc) is 3.32. The summed E-state index contributed by atoms with van der Waals surface area (Å²) in [6.45, 7) is 3.56. The maximum absolute atomic E-state index is 12.9. The van der Waals surface area contributed by atoms with Crippen LogP contribution in [0, 0.1) is 24.1 Å². The number of nitriles is 1. The summed E-state index contributed by atoms with van der Waals surface area (Å²) < 4.78 is 28.9. The topological polar surface area (TPSA) is 102 Å². The van der Waals surface area contributed by atoms with Crippen LogP contribution in [0.5, 0.6) is 5.75 Å². The van der Waals surface area contributed by atoms with Gasteiger partial charge in [0.1, 0.15) is 39.9 Å². The van der Waals surface area contributed by atoms with Crippen LogP contribution < -0.4 is 10.1 Å². The monoisotopic (exact) mass is 428 g/mol. The molecule has 0 unspecified atom stereocenters. The summed E-state index contributed by atoms with van der Waals surface area (Å²) in [5.74, 6) is -0.629. The third-order valence-corrected chi connectivity index (χ3v) is 5.21. The van der Waals surface area contributed by atoms with Crippen LogP contribution in [0.2, 0.25) is 0 Å². The summed E-state index contributed by atoms with van der Waals surface area (Å²) in [7, 11) is 0. The van der Waals surface area contributed by atoms with Gasteiger partial charge >= 0.3 is 5.97 Å². The summed E-state index contributed by atoms with van der Waals surface area (Å²) in [5.41, 5.74) is 0.645. The van der Waals surface area contributed by atoms with Crippen molar-refractivity contribution in [2.45, 2.75) is 20.5 Å². The van der Waals surface area contributed by atoms with Gasteiger partial charge in [0, 0.05) is 0 Å². The maximum atomic E-state index is 12.9. The number of nitrogens with zero attached hydrogens (tertiary/aromatic N) is 1. The van der Waals surface area contributed by atoms with Gasteiger partial charge < -0.3 is 19.2 Å². The predicted molar refractivity (Wildman–Crippen MR) is 107 cm³/mol. The van der Waals surface area contributed by atoms with Crippen molar-refractivity contribution in [2.24, 2.45) is 0 Å². The van der Waals surface area contributed by atoms with Crippen molar-refractivity contribution in [2.75, 3.05) is 11.9 Å². The van der Waals surface area contributed by atoms with Gasteiger partial charge in [-0.2, -0.15) is 5.26 Å². The number of thiophene rings is 1. The van der Waals surface area contributed by atoms with E-state index in [1.54, 1.807) is 19.9 Å². The number of amides is 1. The summed E-state index contributed by atoms with van der Waals surface area (Å²) in [5, 5.41) is 12.2. The zero-order valence-electron chi connectivity index (χ0n) is 16.2. The van der Waals surface area contributed by atoms with Crippen molar-refractivity contribution in [1.82, 2.24) is 0 Å². The third-order valence-electron chi connectivity index (χ3n) is 4.03. The Balaban J connectivity index is 1.69. The van der Waals surface area contributed by atoms with Crippen molar-refractivity contribution in [3.05, 3.63) is 69.7 Å². The number of anilines is 1. The molecule has 9 heteroatoms. The number of esters is 1. The van der Waals surface area contributed by atoms with Gasteiger partial charge in [-0.1, -0.05) is 0 Å². The SMILES string of the molecule is CCOC(=O)c1sc(NC(=O)c2ccc(COc3ccc(F)cc3)o2)c(C#N)c1C.